The largest absolute Gasteiger partial charge is 0.326 e. The lowest BCUT2D eigenvalue weighted by Crippen LogP contribution is -2.05. The second-order valence-corrected chi connectivity index (χ2v) is 4.93. The summed E-state index contributed by atoms with van der Waals surface area (Å²) in [5, 5.41) is 11.3. The van der Waals surface area contributed by atoms with Crippen molar-refractivity contribution in [3.05, 3.63) is 66.7 Å². The minimum absolute atomic E-state index is 0.0948. The van der Waals surface area contributed by atoms with Crippen LogP contribution in [-0.2, 0) is 4.79 Å². The topological polar surface area (TPSA) is 54.9 Å². The van der Waals surface area contributed by atoms with Crippen LogP contribution in [-0.4, -0.2) is 16.1 Å². The average molecular weight is 289 g/mol. The summed E-state index contributed by atoms with van der Waals surface area (Å²) >= 11 is 0. The van der Waals surface area contributed by atoms with Crippen LogP contribution in [0.15, 0.2) is 66.7 Å². The fraction of sp³-hybridized carbons (Fsp3) is 0.0556. The van der Waals surface area contributed by atoms with Crippen molar-refractivity contribution < 1.29 is 4.79 Å². The van der Waals surface area contributed by atoms with Crippen molar-refractivity contribution in [1.29, 1.82) is 0 Å². The maximum atomic E-state index is 11.1. The quantitative estimate of drug-likeness (QED) is 0.798. The van der Waals surface area contributed by atoms with Crippen molar-refractivity contribution in [1.82, 2.24) is 10.2 Å². The first-order chi connectivity index (χ1) is 10.7. The molecule has 0 aliphatic carbocycles. The molecule has 0 radical (unpaired) electrons. The number of hydrogen-bond donors (Lipinski definition) is 1. The molecule has 108 valence electrons. The number of carbonyl (C=O) groups is 1. The molecular formula is C18H15N3O. The van der Waals surface area contributed by atoms with Gasteiger partial charge in [0.1, 0.15) is 0 Å². The van der Waals surface area contributed by atoms with E-state index in [1.807, 2.05) is 66.7 Å². The van der Waals surface area contributed by atoms with Gasteiger partial charge in [-0.3, -0.25) is 4.79 Å². The summed E-state index contributed by atoms with van der Waals surface area (Å²) in [6, 6.07) is 21.4. The zero-order chi connectivity index (χ0) is 15.4. The normalized spacial score (nSPS) is 10.2. The van der Waals surface area contributed by atoms with E-state index in [1.54, 1.807) is 0 Å². The molecule has 0 aliphatic rings. The van der Waals surface area contributed by atoms with Crippen molar-refractivity contribution in [3.63, 3.8) is 0 Å². The number of aromatic nitrogens is 2. The first-order valence-corrected chi connectivity index (χ1v) is 6.99. The molecule has 4 heteroatoms. The molecule has 0 spiro atoms. The minimum atomic E-state index is -0.0948. The molecule has 2 aromatic carbocycles. The minimum Gasteiger partial charge on any atom is -0.326 e. The van der Waals surface area contributed by atoms with Crippen molar-refractivity contribution in [2.75, 3.05) is 5.32 Å². The lowest BCUT2D eigenvalue weighted by Gasteiger charge is -2.06. The fourth-order valence-electron chi connectivity index (χ4n) is 2.21. The number of nitrogens with zero attached hydrogens (tertiary/aromatic N) is 2. The standard InChI is InChI=1S/C18H15N3O/c1-13(22)19-16-9-5-8-15(12-16)18-11-10-17(20-21-18)14-6-3-2-4-7-14/h2-12H,1H3,(H,19,22). The average Bonchev–Trinajstić information content (AvgIpc) is 2.55. The highest BCUT2D eigenvalue weighted by atomic mass is 16.1. The fourth-order valence-corrected chi connectivity index (χ4v) is 2.21. The number of hydrogen-bond acceptors (Lipinski definition) is 3. The number of nitrogens with one attached hydrogen (secondary N) is 1. The molecule has 0 aliphatic heterocycles. The Balaban J connectivity index is 1.88. The van der Waals surface area contributed by atoms with E-state index < -0.39 is 0 Å². The third-order valence-corrected chi connectivity index (χ3v) is 3.21. The molecule has 1 heterocycles. The third kappa shape index (κ3) is 3.17. The molecule has 22 heavy (non-hydrogen) atoms. The molecule has 3 rings (SSSR count). The van der Waals surface area contributed by atoms with Crippen LogP contribution in [0.2, 0.25) is 0 Å². The van der Waals surface area contributed by atoms with E-state index in [4.69, 9.17) is 0 Å². The predicted molar refractivity (Wildman–Crippen MR) is 87.2 cm³/mol. The van der Waals surface area contributed by atoms with Crippen LogP contribution in [0.5, 0.6) is 0 Å². The zero-order valence-electron chi connectivity index (χ0n) is 12.2. The van der Waals surface area contributed by atoms with Gasteiger partial charge in [-0.05, 0) is 24.3 Å². The summed E-state index contributed by atoms with van der Waals surface area (Å²) in [7, 11) is 0. The summed E-state index contributed by atoms with van der Waals surface area (Å²) in [4.78, 5) is 11.1. The highest BCUT2D eigenvalue weighted by Gasteiger charge is 2.04. The molecule has 0 saturated carbocycles. The van der Waals surface area contributed by atoms with E-state index in [1.165, 1.54) is 6.92 Å². The first kappa shape index (κ1) is 13.9. The summed E-state index contributed by atoms with van der Waals surface area (Å²) in [6.45, 7) is 1.49. The molecule has 0 saturated heterocycles. The molecule has 1 aromatic heterocycles. The van der Waals surface area contributed by atoms with Gasteiger partial charge in [0.25, 0.3) is 0 Å². The molecule has 3 aromatic rings. The van der Waals surface area contributed by atoms with Gasteiger partial charge in [-0.25, -0.2) is 0 Å². The number of anilines is 1. The smallest absolute Gasteiger partial charge is 0.221 e. The van der Waals surface area contributed by atoms with Gasteiger partial charge in [-0.15, -0.1) is 10.2 Å². The van der Waals surface area contributed by atoms with Crippen LogP contribution in [0.4, 0.5) is 5.69 Å². The monoisotopic (exact) mass is 289 g/mol. The zero-order valence-corrected chi connectivity index (χ0v) is 12.2. The van der Waals surface area contributed by atoms with E-state index in [9.17, 15) is 4.79 Å². The van der Waals surface area contributed by atoms with Crippen molar-refractivity contribution in [2.45, 2.75) is 6.92 Å². The summed E-state index contributed by atoms with van der Waals surface area (Å²) in [5.41, 5.74) is 4.31. The van der Waals surface area contributed by atoms with Crippen LogP contribution in [0.25, 0.3) is 22.5 Å². The number of benzene rings is 2. The van der Waals surface area contributed by atoms with Crippen LogP contribution >= 0.6 is 0 Å². The molecule has 0 fully saturated rings. The lowest BCUT2D eigenvalue weighted by atomic mass is 10.1. The maximum Gasteiger partial charge on any atom is 0.221 e. The Labute approximate surface area is 128 Å². The highest BCUT2D eigenvalue weighted by Crippen LogP contribution is 2.22. The van der Waals surface area contributed by atoms with E-state index in [0.717, 1.165) is 28.2 Å². The van der Waals surface area contributed by atoms with Crippen molar-refractivity contribution in [2.24, 2.45) is 0 Å². The second kappa shape index (κ2) is 6.18. The van der Waals surface area contributed by atoms with Gasteiger partial charge in [-0.1, -0.05) is 42.5 Å². The Morgan fingerprint density at radius 3 is 2.09 bits per heavy atom. The third-order valence-electron chi connectivity index (χ3n) is 3.21. The highest BCUT2D eigenvalue weighted by molar-refractivity contribution is 5.89. The van der Waals surface area contributed by atoms with Gasteiger partial charge in [0.15, 0.2) is 0 Å². The Bertz CT molecular complexity index is 783. The molecule has 1 amide bonds. The summed E-state index contributed by atoms with van der Waals surface area (Å²) in [5.74, 6) is -0.0948. The Morgan fingerprint density at radius 1 is 0.818 bits per heavy atom. The molecule has 0 bridgehead atoms. The van der Waals surface area contributed by atoms with Crippen LogP contribution in [0.1, 0.15) is 6.92 Å². The van der Waals surface area contributed by atoms with E-state index >= 15 is 0 Å². The Kier molecular flexibility index (Phi) is 3.92. The van der Waals surface area contributed by atoms with Crippen LogP contribution in [0, 0.1) is 0 Å². The summed E-state index contributed by atoms with van der Waals surface area (Å²) < 4.78 is 0. The molecular weight excluding hydrogens is 274 g/mol. The van der Waals surface area contributed by atoms with Crippen LogP contribution < -0.4 is 5.32 Å². The van der Waals surface area contributed by atoms with Gasteiger partial charge in [0, 0.05) is 23.7 Å². The van der Waals surface area contributed by atoms with Gasteiger partial charge < -0.3 is 5.32 Å². The second-order valence-electron chi connectivity index (χ2n) is 4.93. The van der Waals surface area contributed by atoms with E-state index in [-0.39, 0.29) is 5.91 Å². The van der Waals surface area contributed by atoms with Gasteiger partial charge in [0.05, 0.1) is 11.4 Å². The van der Waals surface area contributed by atoms with Gasteiger partial charge in [0.2, 0.25) is 5.91 Å². The Morgan fingerprint density at radius 2 is 1.45 bits per heavy atom. The molecule has 0 unspecified atom stereocenters. The molecule has 4 nitrogen and oxygen atoms in total. The molecule has 0 atom stereocenters. The Hall–Kier alpha value is -3.01. The number of rotatable bonds is 3. The van der Waals surface area contributed by atoms with E-state index in [2.05, 4.69) is 15.5 Å². The number of carbonyl (C=O) groups excluding carboxylic acids is 1. The first-order valence-electron chi connectivity index (χ1n) is 6.99. The van der Waals surface area contributed by atoms with Gasteiger partial charge in [-0.2, -0.15) is 0 Å². The maximum absolute atomic E-state index is 11.1. The van der Waals surface area contributed by atoms with Gasteiger partial charge >= 0.3 is 0 Å². The van der Waals surface area contributed by atoms with E-state index in [0.29, 0.717) is 0 Å². The van der Waals surface area contributed by atoms with Crippen molar-refractivity contribution in [3.8, 4) is 22.5 Å². The van der Waals surface area contributed by atoms with Crippen LogP contribution in [0.3, 0.4) is 0 Å². The van der Waals surface area contributed by atoms with Crippen molar-refractivity contribution >= 4 is 11.6 Å². The SMILES string of the molecule is CC(=O)Nc1cccc(-c2ccc(-c3ccccc3)nn2)c1. The predicted octanol–water partition coefficient (Wildman–Crippen LogP) is 3.77. The number of amides is 1. The molecule has 1 N–H and O–H groups in total. The summed E-state index contributed by atoms with van der Waals surface area (Å²) in [6.07, 6.45) is 0. The lowest BCUT2D eigenvalue weighted by molar-refractivity contribution is -0.114.